The van der Waals surface area contributed by atoms with Crippen molar-refractivity contribution in [2.45, 2.75) is 19.0 Å². The highest BCUT2D eigenvalue weighted by molar-refractivity contribution is 5.98. The summed E-state index contributed by atoms with van der Waals surface area (Å²) in [6, 6.07) is 24.6. The summed E-state index contributed by atoms with van der Waals surface area (Å²) >= 11 is 0. The number of furan rings is 1. The summed E-state index contributed by atoms with van der Waals surface area (Å²) in [5, 5.41) is 3.93. The minimum Gasteiger partial charge on any atom is -0.497 e. The van der Waals surface area contributed by atoms with Crippen LogP contribution < -0.4 is 14.8 Å². The van der Waals surface area contributed by atoms with Crippen molar-refractivity contribution in [3.63, 3.8) is 0 Å². The quantitative estimate of drug-likeness (QED) is 0.244. The molecule has 0 aliphatic heterocycles. The zero-order valence-corrected chi connectivity index (χ0v) is 21.7. The predicted molar refractivity (Wildman–Crippen MR) is 149 cm³/mol. The summed E-state index contributed by atoms with van der Waals surface area (Å²) in [6.45, 7) is 0.112. The average molecular weight is 524 g/mol. The molecule has 0 radical (unpaired) electrons. The Labute approximate surface area is 226 Å². The Bertz CT molecular complexity index is 1540. The number of fused-ring (bicyclic) bond motifs is 1. The molecule has 0 spiro atoms. The third-order valence-electron chi connectivity index (χ3n) is 6.59. The molecule has 2 N–H and O–H groups in total. The number of hydrogen-bond donors (Lipinski definition) is 2. The lowest BCUT2D eigenvalue weighted by atomic mass is 10.0. The van der Waals surface area contributed by atoms with E-state index < -0.39 is 6.04 Å². The fourth-order valence-electron chi connectivity index (χ4n) is 4.58. The smallest absolute Gasteiger partial charge is 0.251 e. The highest BCUT2D eigenvalue weighted by Crippen LogP contribution is 2.29. The number of rotatable bonds is 10. The summed E-state index contributed by atoms with van der Waals surface area (Å²) in [7, 11) is 3.16. The summed E-state index contributed by atoms with van der Waals surface area (Å²) in [6.07, 6.45) is 3.50. The molecule has 0 aliphatic carbocycles. The van der Waals surface area contributed by atoms with E-state index in [9.17, 15) is 9.59 Å². The van der Waals surface area contributed by atoms with Crippen LogP contribution in [-0.2, 0) is 22.6 Å². The van der Waals surface area contributed by atoms with Gasteiger partial charge in [0.1, 0.15) is 23.3 Å². The van der Waals surface area contributed by atoms with Gasteiger partial charge in [0, 0.05) is 22.8 Å². The number of ether oxygens (including phenoxy) is 2. The SMILES string of the molecule is COc1ccc(NC(=O)C(c2ccc(OC)cc2)N(Cc2ccco2)C(=O)Cc2c[nH]c3ccccc23)cc1. The number of carbonyl (C=O) groups excluding carboxylic acids is 2. The van der Waals surface area contributed by atoms with Crippen molar-refractivity contribution in [3.8, 4) is 11.5 Å². The third-order valence-corrected chi connectivity index (χ3v) is 6.59. The zero-order chi connectivity index (χ0) is 27.2. The molecule has 3 aromatic carbocycles. The summed E-state index contributed by atoms with van der Waals surface area (Å²) in [5.41, 5.74) is 3.02. The molecule has 1 atom stereocenters. The van der Waals surface area contributed by atoms with Crippen LogP contribution in [0.25, 0.3) is 10.9 Å². The maximum Gasteiger partial charge on any atom is 0.251 e. The fraction of sp³-hybridized carbons (Fsp3) is 0.161. The predicted octanol–water partition coefficient (Wildman–Crippen LogP) is 5.73. The van der Waals surface area contributed by atoms with E-state index >= 15 is 0 Å². The van der Waals surface area contributed by atoms with Gasteiger partial charge in [-0.1, -0.05) is 30.3 Å². The van der Waals surface area contributed by atoms with Gasteiger partial charge >= 0.3 is 0 Å². The molecule has 2 aromatic heterocycles. The van der Waals surface area contributed by atoms with Gasteiger partial charge in [0.25, 0.3) is 5.91 Å². The molecule has 5 rings (SSSR count). The lowest BCUT2D eigenvalue weighted by molar-refractivity contribution is -0.139. The Morgan fingerprint density at radius 2 is 1.59 bits per heavy atom. The Morgan fingerprint density at radius 3 is 2.26 bits per heavy atom. The molecule has 1 unspecified atom stereocenters. The third kappa shape index (κ3) is 5.80. The molecular formula is C31H29N3O5. The lowest BCUT2D eigenvalue weighted by Crippen LogP contribution is -2.41. The molecule has 8 heteroatoms. The van der Waals surface area contributed by atoms with Gasteiger partial charge in [-0.05, 0) is 65.7 Å². The highest BCUT2D eigenvalue weighted by Gasteiger charge is 2.33. The topological polar surface area (TPSA) is 96.8 Å². The molecule has 0 saturated heterocycles. The van der Waals surface area contributed by atoms with Crippen LogP contribution >= 0.6 is 0 Å². The maximum atomic E-state index is 14.0. The average Bonchev–Trinajstić information content (AvgIpc) is 3.64. The van der Waals surface area contributed by atoms with Gasteiger partial charge in [0.05, 0.1) is 33.4 Å². The highest BCUT2D eigenvalue weighted by atomic mass is 16.5. The van der Waals surface area contributed by atoms with E-state index in [1.54, 1.807) is 86.0 Å². The van der Waals surface area contributed by atoms with Crippen molar-refractivity contribution >= 4 is 28.4 Å². The van der Waals surface area contributed by atoms with Crippen molar-refractivity contribution in [2.24, 2.45) is 0 Å². The van der Waals surface area contributed by atoms with Crippen molar-refractivity contribution in [1.29, 1.82) is 0 Å². The van der Waals surface area contributed by atoms with Gasteiger partial charge in [0.2, 0.25) is 5.91 Å². The first-order valence-electron chi connectivity index (χ1n) is 12.5. The van der Waals surface area contributed by atoms with Gasteiger partial charge in [-0.2, -0.15) is 0 Å². The normalized spacial score (nSPS) is 11.6. The molecule has 2 amide bonds. The summed E-state index contributed by atoms with van der Waals surface area (Å²) in [5.74, 6) is 1.31. The molecule has 5 aromatic rings. The largest absolute Gasteiger partial charge is 0.497 e. The number of nitrogens with one attached hydrogen (secondary N) is 2. The number of benzene rings is 3. The monoisotopic (exact) mass is 523 g/mol. The number of aromatic nitrogens is 1. The molecule has 0 fully saturated rings. The number of aromatic amines is 1. The van der Waals surface area contributed by atoms with Crippen LogP contribution in [0.5, 0.6) is 11.5 Å². The van der Waals surface area contributed by atoms with Crippen molar-refractivity contribution in [1.82, 2.24) is 9.88 Å². The van der Waals surface area contributed by atoms with Gasteiger partial charge in [0.15, 0.2) is 0 Å². The Morgan fingerprint density at radius 1 is 0.897 bits per heavy atom. The van der Waals surface area contributed by atoms with Gasteiger partial charge in [-0.3, -0.25) is 9.59 Å². The Hall–Kier alpha value is -4.98. The molecule has 0 aliphatic rings. The first-order chi connectivity index (χ1) is 19.1. The lowest BCUT2D eigenvalue weighted by Gasteiger charge is -2.31. The zero-order valence-electron chi connectivity index (χ0n) is 21.7. The van der Waals surface area contributed by atoms with E-state index in [2.05, 4.69) is 10.3 Å². The number of amides is 2. The van der Waals surface area contributed by atoms with Crippen molar-refractivity contribution in [3.05, 3.63) is 114 Å². The molecule has 2 heterocycles. The second kappa shape index (κ2) is 11.6. The number of methoxy groups -OCH3 is 2. The van der Waals surface area contributed by atoms with E-state index in [0.29, 0.717) is 28.5 Å². The van der Waals surface area contributed by atoms with E-state index in [1.807, 2.05) is 30.5 Å². The molecule has 8 nitrogen and oxygen atoms in total. The first-order valence-corrected chi connectivity index (χ1v) is 12.5. The van der Waals surface area contributed by atoms with Crippen LogP contribution in [0.4, 0.5) is 5.69 Å². The number of nitrogens with zero attached hydrogens (tertiary/aromatic N) is 1. The van der Waals surface area contributed by atoms with Crippen LogP contribution in [0.1, 0.15) is 22.9 Å². The summed E-state index contributed by atoms with van der Waals surface area (Å²) < 4.78 is 16.2. The maximum absolute atomic E-state index is 14.0. The van der Waals surface area contributed by atoms with Crippen LogP contribution in [0, 0.1) is 0 Å². The van der Waals surface area contributed by atoms with E-state index in [0.717, 1.165) is 16.5 Å². The van der Waals surface area contributed by atoms with Crippen molar-refractivity contribution < 1.29 is 23.5 Å². The minimum atomic E-state index is -0.944. The number of carbonyl (C=O) groups is 2. The van der Waals surface area contributed by atoms with Gasteiger partial charge < -0.3 is 29.1 Å². The van der Waals surface area contributed by atoms with Crippen LogP contribution in [0.2, 0.25) is 0 Å². The fourth-order valence-corrected chi connectivity index (χ4v) is 4.58. The molecule has 198 valence electrons. The second-order valence-electron chi connectivity index (χ2n) is 9.03. The van der Waals surface area contributed by atoms with E-state index in [4.69, 9.17) is 13.9 Å². The first kappa shape index (κ1) is 25.7. The van der Waals surface area contributed by atoms with Gasteiger partial charge in [-0.25, -0.2) is 0 Å². The Kier molecular flexibility index (Phi) is 7.63. The van der Waals surface area contributed by atoms with Crippen LogP contribution in [0.15, 0.2) is 102 Å². The van der Waals surface area contributed by atoms with Crippen LogP contribution in [0.3, 0.4) is 0 Å². The molecule has 0 saturated carbocycles. The van der Waals surface area contributed by atoms with E-state index in [1.165, 1.54) is 0 Å². The second-order valence-corrected chi connectivity index (χ2v) is 9.03. The minimum absolute atomic E-state index is 0.104. The molecule has 39 heavy (non-hydrogen) atoms. The standard InChI is InChI=1S/C31H29N3O5/c1-37-24-13-9-21(10-14-24)30(31(36)33-23-11-15-25(38-2)16-12-23)34(20-26-6-5-17-39-26)29(35)18-22-19-32-28-8-4-3-7-27(22)28/h3-17,19,30,32H,18,20H2,1-2H3,(H,33,36). The molecular weight excluding hydrogens is 494 g/mol. The van der Waals surface area contributed by atoms with Crippen LogP contribution in [-0.4, -0.2) is 35.9 Å². The van der Waals surface area contributed by atoms with E-state index in [-0.39, 0.29) is 24.8 Å². The number of para-hydroxylation sites is 1. The Balaban J connectivity index is 1.52. The number of anilines is 1. The number of H-pyrrole nitrogens is 1. The van der Waals surface area contributed by atoms with Crippen molar-refractivity contribution in [2.75, 3.05) is 19.5 Å². The number of hydrogen-bond acceptors (Lipinski definition) is 5. The summed E-state index contributed by atoms with van der Waals surface area (Å²) in [4.78, 5) is 32.7. The van der Waals surface area contributed by atoms with Gasteiger partial charge in [-0.15, -0.1) is 0 Å². The molecule has 0 bridgehead atoms.